The lowest BCUT2D eigenvalue weighted by Gasteiger charge is -2.11. The summed E-state index contributed by atoms with van der Waals surface area (Å²) in [5, 5.41) is 7.65. The molecular formula is C31H29FN4O4S. The van der Waals surface area contributed by atoms with Crippen molar-refractivity contribution in [3.63, 3.8) is 0 Å². The summed E-state index contributed by atoms with van der Waals surface area (Å²) in [7, 11) is -3.38. The zero-order valence-corrected chi connectivity index (χ0v) is 23.7. The van der Waals surface area contributed by atoms with Crippen LogP contribution in [0.5, 0.6) is 5.75 Å². The van der Waals surface area contributed by atoms with Crippen LogP contribution in [0.3, 0.4) is 0 Å². The van der Waals surface area contributed by atoms with E-state index in [1.54, 1.807) is 22.7 Å². The maximum Gasteiger partial charge on any atom is 0.247 e. The summed E-state index contributed by atoms with van der Waals surface area (Å²) in [5.41, 5.74) is 4.73. The molecule has 10 heteroatoms. The van der Waals surface area contributed by atoms with E-state index in [-0.39, 0.29) is 28.8 Å². The molecule has 8 nitrogen and oxygen atoms in total. The first-order valence-corrected chi connectivity index (χ1v) is 15.0. The first-order valence-electron chi connectivity index (χ1n) is 13.1. The second-order valence-electron chi connectivity index (χ2n) is 9.76. The van der Waals surface area contributed by atoms with E-state index in [0.717, 1.165) is 28.5 Å². The quantitative estimate of drug-likeness (QED) is 0.219. The SMILES string of the molecule is CCOc1cc(S(C)(=O)=O)ccc1Nc1nc2ccc(-c3ccc(CC(=O)[C@H](C)c4ccc(F)cc4)cc3)cn2n1. The number of nitrogens with one attached hydrogen (secondary N) is 1. The summed E-state index contributed by atoms with van der Waals surface area (Å²) in [5.74, 6) is 0.138. The number of rotatable bonds is 10. The van der Waals surface area contributed by atoms with Crippen molar-refractivity contribution >= 4 is 32.9 Å². The van der Waals surface area contributed by atoms with Gasteiger partial charge in [-0.25, -0.2) is 17.3 Å². The summed E-state index contributed by atoms with van der Waals surface area (Å²) < 4.78 is 44.4. The Morgan fingerprint density at radius 3 is 2.39 bits per heavy atom. The summed E-state index contributed by atoms with van der Waals surface area (Å²) in [6.07, 6.45) is 3.29. The van der Waals surface area contributed by atoms with Crippen molar-refractivity contribution in [3.8, 4) is 16.9 Å². The normalized spacial score (nSPS) is 12.3. The molecule has 5 rings (SSSR count). The summed E-state index contributed by atoms with van der Waals surface area (Å²) in [6.45, 7) is 4.02. The average molecular weight is 573 g/mol. The number of pyridine rings is 1. The molecule has 0 unspecified atom stereocenters. The summed E-state index contributed by atoms with van der Waals surface area (Å²) >= 11 is 0. The lowest BCUT2D eigenvalue weighted by atomic mass is 9.92. The number of Topliss-reactive ketones (excluding diaryl/α,β-unsaturated/α-hetero) is 1. The molecule has 0 spiro atoms. The molecule has 0 bridgehead atoms. The molecule has 1 atom stereocenters. The van der Waals surface area contributed by atoms with Crippen LogP contribution in [0.25, 0.3) is 16.8 Å². The van der Waals surface area contributed by atoms with Crippen LogP contribution >= 0.6 is 0 Å². The van der Waals surface area contributed by atoms with Gasteiger partial charge < -0.3 is 10.1 Å². The highest BCUT2D eigenvalue weighted by Crippen LogP contribution is 2.30. The Morgan fingerprint density at radius 1 is 1.00 bits per heavy atom. The standard InChI is InChI=1S/C31H29FN4O4S/c1-4-40-29-18-26(41(3,38)39)14-15-27(29)33-31-34-30-16-11-24(19-36(30)35-31)23-7-5-21(6-8-23)17-28(37)20(2)22-9-12-25(32)13-10-22/h5-16,18-20H,4,17H2,1-3H3,(H,33,35)/t20-/m1/s1. The van der Waals surface area contributed by atoms with Crippen LogP contribution in [0.15, 0.2) is 90.0 Å². The van der Waals surface area contributed by atoms with E-state index in [9.17, 15) is 17.6 Å². The average Bonchev–Trinajstić information content (AvgIpc) is 3.35. The van der Waals surface area contributed by atoms with Crippen molar-refractivity contribution in [3.05, 3.63) is 102 Å². The predicted octanol–water partition coefficient (Wildman–Crippen LogP) is 6.00. The van der Waals surface area contributed by atoms with Crippen LogP contribution < -0.4 is 10.1 Å². The van der Waals surface area contributed by atoms with E-state index in [0.29, 0.717) is 29.6 Å². The number of anilines is 2. The second kappa shape index (κ2) is 11.5. The fourth-order valence-corrected chi connectivity index (χ4v) is 5.08. The molecule has 0 saturated carbocycles. The number of carbonyl (C=O) groups excluding carboxylic acids is 1. The van der Waals surface area contributed by atoms with E-state index in [2.05, 4.69) is 15.4 Å². The molecule has 0 aliphatic carbocycles. The van der Waals surface area contributed by atoms with E-state index in [4.69, 9.17) is 4.74 Å². The molecule has 0 amide bonds. The van der Waals surface area contributed by atoms with Gasteiger partial charge in [-0.3, -0.25) is 4.79 Å². The van der Waals surface area contributed by atoms with E-state index in [1.807, 2.05) is 56.4 Å². The van der Waals surface area contributed by atoms with Gasteiger partial charge in [0.05, 0.1) is 17.2 Å². The monoisotopic (exact) mass is 572 g/mol. The first-order chi connectivity index (χ1) is 19.6. The highest BCUT2D eigenvalue weighted by molar-refractivity contribution is 7.90. The minimum Gasteiger partial charge on any atom is -0.492 e. The third-order valence-corrected chi connectivity index (χ3v) is 7.89. The molecular weight excluding hydrogens is 543 g/mol. The minimum atomic E-state index is -3.38. The number of hydrogen-bond donors (Lipinski definition) is 1. The fraction of sp³-hybridized carbons (Fsp3) is 0.194. The van der Waals surface area contributed by atoms with E-state index in [1.165, 1.54) is 24.3 Å². The van der Waals surface area contributed by atoms with Crippen LogP contribution in [0.4, 0.5) is 16.0 Å². The maximum absolute atomic E-state index is 13.2. The largest absolute Gasteiger partial charge is 0.492 e. The second-order valence-corrected chi connectivity index (χ2v) is 11.8. The van der Waals surface area contributed by atoms with Crippen molar-refractivity contribution in [2.24, 2.45) is 0 Å². The molecule has 0 fully saturated rings. The Kier molecular flexibility index (Phi) is 7.85. The third kappa shape index (κ3) is 6.44. The Hall–Kier alpha value is -4.57. The van der Waals surface area contributed by atoms with Crippen LogP contribution in [-0.4, -0.2) is 41.7 Å². The topological polar surface area (TPSA) is 103 Å². The van der Waals surface area contributed by atoms with Gasteiger partial charge in [0.25, 0.3) is 0 Å². The van der Waals surface area contributed by atoms with Gasteiger partial charge >= 0.3 is 0 Å². The van der Waals surface area contributed by atoms with Gasteiger partial charge in [-0.2, -0.15) is 4.98 Å². The number of nitrogens with zero attached hydrogens (tertiary/aromatic N) is 3. The Labute approximate surface area is 237 Å². The third-order valence-electron chi connectivity index (χ3n) is 6.78. The number of aromatic nitrogens is 3. The van der Waals surface area contributed by atoms with Gasteiger partial charge in [0.1, 0.15) is 17.3 Å². The first kappa shape index (κ1) is 28.0. The highest BCUT2D eigenvalue weighted by Gasteiger charge is 2.17. The van der Waals surface area contributed by atoms with Gasteiger partial charge in [0, 0.05) is 36.4 Å². The maximum atomic E-state index is 13.2. The number of hydrogen-bond acceptors (Lipinski definition) is 7. The smallest absolute Gasteiger partial charge is 0.247 e. The number of fused-ring (bicyclic) bond motifs is 1. The molecule has 5 aromatic rings. The van der Waals surface area contributed by atoms with Crippen molar-refractivity contribution in [2.75, 3.05) is 18.2 Å². The zero-order valence-electron chi connectivity index (χ0n) is 22.8. The lowest BCUT2D eigenvalue weighted by Crippen LogP contribution is -2.12. The van der Waals surface area contributed by atoms with Crippen molar-refractivity contribution < 1.29 is 22.3 Å². The number of halogens is 1. The molecule has 0 aliphatic heterocycles. The van der Waals surface area contributed by atoms with Gasteiger partial charge in [-0.1, -0.05) is 43.3 Å². The fourth-order valence-electron chi connectivity index (χ4n) is 4.45. The molecule has 1 N–H and O–H groups in total. The molecule has 0 saturated heterocycles. The van der Waals surface area contributed by atoms with Crippen molar-refractivity contribution in [2.45, 2.75) is 31.1 Å². The molecule has 0 radical (unpaired) electrons. The summed E-state index contributed by atoms with van der Waals surface area (Å²) in [6, 6.07) is 22.2. The molecule has 210 valence electrons. The summed E-state index contributed by atoms with van der Waals surface area (Å²) in [4.78, 5) is 17.5. The van der Waals surface area contributed by atoms with Crippen molar-refractivity contribution in [1.82, 2.24) is 14.6 Å². The number of ketones is 1. The van der Waals surface area contributed by atoms with Gasteiger partial charge in [-0.05, 0) is 60.0 Å². The van der Waals surface area contributed by atoms with E-state index < -0.39 is 9.84 Å². The van der Waals surface area contributed by atoms with Gasteiger partial charge in [0.2, 0.25) is 5.95 Å². The Morgan fingerprint density at radius 2 is 1.71 bits per heavy atom. The zero-order chi connectivity index (χ0) is 29.1. The Bertz CT molecular complexity index is 1820. The number of sulfone groups is 1. The van der Waals surface area contributed by atoms with Crippen LogP contribution in [0.2, 0.25) is 0 Å². The lowest BCUT2D eigenvalue weighted by molar-refractivity contribution is -0.119. The minimum absolute atomic E-state index is 0.0619. The predicted molar refractivity (Wildman–Crippen MR) is 156 cm³/mol. The van der Waals surface area contributed by atoms with E-state index >= 15 is 0 Å². The molecule has 2 heterocycles. The molecule has 41 heavy (non-hydrogen) atoms. The van der Waals surface area contributed by atoms with Crippen LogP contribution in [-0.2, 0) is 21.1 Å². The highest BCUT2D eigenvalue weighted by atomic mass is 32.2. The molecule has 2 aromatic heterocycles. The van der Waals surface area contributed by atoms with Gasteiger partial charge in [-0.15, -0.1) is 5.10 Å². The van der Waals surface area contributed by atoms with Crippen LogP contribution in [0.1, 0.15) is 30.9 Å². The number of carbonyl (C=O) groups is 1. The molecule has 0 aliphatic rings. The number of benzene rings is 3. The number of ether oxygens (including phenoxy) is 1. The van der Waals surface area contributed by atoms with Crippen LogP contribution in [0, 0.1) is 5.82 Å². The Balaban J connectivity index is 1.31. The molecule has 3 aromatic carbocycles. The van der Waals surface area contributed by atoms with Crippen molar-refractivity contribution in [1.29, 1.82) is 0 Å². The van der Waals surface area contributed by atoms with Gasteiger partial charge in [0.15, 0.2) is 15.5 Å².